The van der Waals surface area contributed by atoms with Gasteiger partial charge in [-0.1, -0.05) is 90.0 Å². The van der Waals surface area contributed by atoms with E-state index in [-0.39, 0.29) is 17.9 Å². The lowest BCUT2D eigenvalue weighted by molar-refractivity contribution is -0.139. The van der Waals surface area contributed by atoms with Crippen molar-refractivity contribution in [3.8, 4) is 0 Å². The summed E-state index contributed by atoms with van der Waals surface area (Å²) in [6.45, 7) is 8.40. The van der Waals surface area contributed by atoms with Gasteiger partial charge in [-0.2, -0.15) is 0 Å². The molecule has 0 aliphatic rings. The number of nitrogens with zero attached hydrogens (tertiary/aromatic N) is 1. The van der Waals surface area contributed by atoms with E-state index in [9.17, 15) is 9.59 Å². The van der Waals surface area contributed by atoms with Crippen LogP contribution in [0.1, 0.15) is 41.7 Å². The van der Waals surface area contributed by atoms with Gasteiger partial charge >= 0.3 is 0 Å². The van der Waals surface area contributed by atoms with Gasteiger partial charge in [0.1, 0.15) is 6.04 Å². The van der Waals surface area contributed by atoms with Gasteiger partial charge in [0, 0.05) is 24.8 Å². The highest BCUT2D eigenvalue weighted by Gasteiger charge is 2.30. The number of thioether (sulfide) groups is 1. The number of carbonyl (C=O) groups excluding carboxylic acids is 2. The molecule has 0 aliphatic carbocycles. The fourth-order valence-electron chi connectivity index (χ4n) is 3.85. The summed E-state index contributed by atoms with van der Waals surface area (Å²) in [5.41, 5.74) is 5.63. The second-order valence-electron chi connectivity index (χ2n) is 9.35. The number of amides is 2. The molecule has 0 fully saturated rings. The molecule has 0 aromatic heterocycles. The first kappa shape index (κ1) is 26.6. The first-order valence-corrected chi connectivity index (χ1v) is 13.3. The molecule has 0 radical (unpaired) electrons. The van der Waals surface area contributed by atoms with Crippen molar-refractivity contribution >= 4 is 23.6 Å². The van der Waals surface area contributed by atoms with Crippen LogP contribution in [0.4, 0.5) is 0 Å². The van der Waals surface area contributed by atoms with Crippen molar-refractivity contribution in [2.24, 2.45) is 0 Å². The maximum atomic E-state index is 13.6. The van der Waals surface area contributed by atoms with Gasteiger partial charge < -0.3 is 10.2 Å². The van der Waals surface area contributed by atoms with E-state index in [0.717, 1.165) is 16.9 Å². The first-order valence-electron chi connectivity index (χ1n) is 12.1. The molecule has 2 amide bonds. The Balaban J connectivity index is 1.83. The van der Waals surface area contributed by atoms with Crippen LogP contribution in [0.5, 0.6) is 0 Å². The Labute approximate surface area is 214 Å². The van der Waals surface area contributed by atoms with Gasteiger partial charge in [0.25, 0.3) is 0 Å². The molecule has 35 heavy (non-hydrogen) atoms. The minimum absolute atomic E-state index is 0.00647. The zero-order valence-electron chi connectivity index (χ0n) is 21.2. The largest absolute Gasteiger partial charge is 0.352 e. The molecule has 5 heteroatoms. The Hall–Kier alpha value is -3.05. The lowest BCUT2D eigenvalue weighted by Crippen LogP contribution is -2.52. The number of benzene rings is 3. The van der Waals surface area contributed by atoms with E-state index in [1.807, 2.05) is 75.4 Å². The maximum Gasteiger partial charge on any atom is 0.243 e. The van der Waals surface area contributed by atoms with Crippen LogP contribution in [-0.2, 0) is 28.3 Å². The highest BCUT2D eigenvalue weighted by molar-refractivity contribution is 7.99. The van der Waals surface area contributed by atoms with Crippen molar-refractivity contribution in [1.29, 1.82) is 0 Å². The number of carbonyl (C=O) groups is 2. The molecule has 3 aromatic carbocycles. The minimum atomic E-state index is -0.589. The number of rotatable bonds is 11. The molecular formula is C30H36N2O2S. The van der Waals surface area contributed by atoms with Crippen LogP contribution in [0.15, 0.2) is 78.9 Å². The van der Waals surface area contributed by atoms with Crippen molar-refractivity contribution in [2.45, 2.75) is 58.5 Å². The van der Waals surface area contributed by atoms with Gasteiger partial charge in [-0.3, -0.25) is 9.59 Å². The molecule has 0 saturated heterocycles. The predicted octanol–water partition coefficient (Wildman–Crippen LogP) is 5.70. The van der Waals surface area contributed by atoms with Gasteiger partial charge in [-0.05, 0) is 44.4 Å². The molecule has 0 spiro atoms. The third-order valence-electron chi connectivity index (χ3n) is 5.79. The van der Waals surface area contributed by atoms with Gasteiger partial charge in [0.2, 0.25) is 11.8 Å². The quantitative estimate of drug-likeness (QED) is 0.377. The van der Waals surface area contributed by atoms with Crippen molar-refractivity contribution in [1.82, 2.24) is 10.2 Å². The molecule has 1 atom stereocenters. The van der Waals surface area contributed by atoms with Crippen LogP contribution in [-0.4, -0.2) is 34.6 Å². The van der Waals surface area contributed by atoms with Crippen LogP contribution in [0.2, 0.25) is 0 Å². The fraction of sp³-hybridized carbons (Fsp3) is 0.333. The van der Waals surface area contributed by atoms with Gasteiger partial charge in [0.05, 0.1) is 5.75 Å². The van der Waals surface area contributed by atoms with Crippen molar-refractivity contribution in [3.63, 3.8) is 0 Å². The predicted molar refractivity (Wildman–Crippen MR) is 146 cm³/mol. The second-order valence-corrected chi connectivity index (χ2v) is 10.3. The third-order valence-corrected chi connectivity index (χ3v) is 6.78. The Morgan fingerprint density at radius 2 is 1.37 bits per heavy atom. The van der Waals surface area contributed by atoms with Crippen molar-refractivity contribution < 1.29 is 9.59 Å². The van der Waals surface area contributed by atoms with Crippen LogP contribution >= 0.6 is 11.8 Å². The molecule has 4 nitrogen and oxygen atoms in total. The molecule has 0 aliphatic heterocycles. The van der Waals surface area contributed by atoms with E-state index in [1.165, 1.54) is 16.7 Å². The normalized spacial score (nSPS) is 11.8. The molecule has 0 saturated carbocycles. The Kier molecular flexibility index (Phi) is 9.98. The van der Waals surface area contributed by atoms with E-state index >= 15 is 0 Å². The summed E-state index contributed by atoms with van der Waals surface area (Å²) < 4.78 is 0. The zero-order chi connectivity index (χ0) is 25.2. The Morgan fingerprint density at radius 3 is 1.94 bits per heavy atom. The topological polar surface area (TPSA) is 49.4 Å². The number of nitrogens with one attached hydrogen (secondary N) is 1. The standard InChI is InChI=1S/C30H36N2O2S/c1-22(2)31-30(34)28(18-25-8-6-5-7-9-25)32(19-26-14-10-23(3)11-15-26)29(33)21-35-20-27-16-12-24(4)13-17-27/h5-17,22,28H,18-21H2,1-4H3,(H,31,34). The summed E-state index contributed by atoms with van der Waals surface area (Å²) in [5.74, 6) is 0.932. The Bertz CT molecular complexity index is 1080. The van der Waals surface area contributed by atoms with Crippen LogP contribution in [0.25, 0.3) is 0 Å². The first-order chi connectivity index (χ1) is 16.8. The fourth-order valence-corrected chi connectivity index (χ4v) is 4.72. The van der Waals surface area contributed by atoms with E-state index in [4.69, 9.17) is 0 Å². The number of aryl methyl sites for hydroxylation is 2. The van der Waals surface area contributed by atoms with E-state index in [1.54, 1.807) is 16.7 Å². The average molecular weight is 489 g/mol. The summed E-state index contributed by atoms with van der Waals surface area (Å²) in [6, 6.07) is 25.9. The molecule has 3 rings (SSSR count). The smallest absolute Gasteiger partial charge is 0.243 e. The Morgan fingerprint density at radius 1 is 0.800 bits per heavy atom. The van der Waals surface area contributed by atoms with Crippen molar-refractivity contribution in [2.75, 3.05) is 5.75 Å². The lowest BCUT2D eigenvalue weighted by Gasteiger charge is -2.32. The van der Waals surface area contributed by atoms with Crippen LogP contribution in [0, 0.1) is 13.8 Å². The third kappa shape index (κ3) is 8.59. The monoisotopic (exact) mass is 488 g/mol. The number of hydrogen-bond donors (Lipinski definition) is 1. The summed E-state index contributed by atoms with van der Waals surface area (Å²) in [5, 5.41) is 3.04. The van der Waals surface area contributed by atoms with Crippen LogP contribution in [0.3, 0.4) is 0 Å². The molecule has 1 N–H and O–H groups in total. The van der Waals surface area contributed by atoms with Gasteiger partial charge in [0.15, 0.2) is 0 Å². The highest BCUT2D eigenvalue weighted by Crippen LogP contribution is 2.19. The molecule has 3 aromatic rings. The summed E-state index contributed by atoms with van der Waals surface area (Å²) >= 11 is 1.59. The summed E-state index contributed by atoms with van der Waals surface area (Å²) in [7, 11) is 0. The van der Waals surface area contributed by atoms with Crippen molar-refractivity contribution in [3.05, 3.63) is 107 Å². The second kappa shape index (κ2) is 13.1. The summed E-state index contributed by atoms with van der Waals surface area (Å²) in [4.78, 5) is 28.7. The maximum absolute atomic E-state index is 13.6. The molecule has 184 valence electrons. The van der Waals surface area contributed by atoms with Gasteiger partial charge in [-0.25, -0.2) is 0 Å². The molecule has 0 heterocycles. The highest BCUT2D eigenvalue weighted by atomic mass is 32.2. The lowest BCUT2D eigenvalue weighted by atomic mass is 10.0. The van der Waals surface area contributed by atoms with Crippen LogP contribution < -0.4 is 5.32 Å². The molecule has 0 bridgehead atoms. The zero-order valence-corrected chi connectivity index (χ0v) is 22.0. The van der Waals surface area contributed by atoms with E-state index < -0.39 is 6.04 Å². The SMILES string of the molecule is Cc1ccc(CSCC(=O)N(Cc2ccc(C)cc2)C(Cc2ccccc2)C(=O)NC(C)C)cc1. The average Bonchev–Trinajstić information content (AvgIpc) is 2.84. The number of hydrogen-bond acceptors (Lipinski definition) is 3. The minimum Gasteiger partial charge on any atom is -0.352 e. The molecule has 1 unspecified atom stereocenters. The summed E-state index contributed by atoms with van der Waals surface area (Å²) in [6.07, 6.45) is 0.472. The van der Waals surface area contributed by atoms with E-state index in [2.05, 4.69) is 36.5 Å². The van der Waals surface area contributed by atoms with Gasteiger partial charge in [-0.15, -0.1) is 11.8 Å². The van der Waals surface area contributed by atoms with E-state index in [0.29, 0.717) is 18.7 Å². The molecular weight excluding hydrogens is 452 g/mol.